The number of nitrogens with one attached hydrogen (secondary N) is 2. The highest BCUT2D eigenvalue weighted by Gasteiger charge is 2.21. The molecule has 1 heterocycles. The van der Waals surface area contributed by atoms with E-state index in [1.54, 1.807) is 24.3 Å². The summed E-state index contributed by atoms with van der Waals surface area (Å²) < 4.78 is 0. The fourth-order valence-corrected chi connectivity index (χ4v) is 4.14. The van der Waals surface area contributed by atoms with Crippen LogP contribution in [-0.4, -0.2) is 24.5 Å². The number of aryl methyl sites for hydroxylation is 1. The van der Waals surface area contributed by atoms with Crippen LogP contribution in [0.1, 0.15) is 54.4 Å². The van der Waals surface area contributed by atoms with Gasteiger partial charge in [0.05, 0.1) is 0 Å². The Labute approximate surface area is 166 Å². The molecule has 1 saturated carbocycles. The van der Waals surface area contributed by atoms with E-state index in [-0.39, 0.29) is 11.9 Å². The summed E-state index contributed by atoms with van der Waals surface area (Å²) in [4.78, 5) is 27.0. The monoisotopic (exact) mass is 377 g/mol. The fraction of sp³-hybridized carbons (Fsp3) is 0.391. The molecule has 0 saturated heterocycles. The van der Waals surface area contributed by atoms with Gasteiger partial charge in [0.1, 0.15) is 0 Å². The quantitative estimate of drug-likeness (QED) is 0.812. The minimum absolute atomic E-state index is 0.0359. The summed E-state index contributed by atoms with van der Waals surface area (Å²) in [7, 11) is 0. The van der Waals surface area contributed by atoms with Gasteiger partial charge in [-0.2, -0.15) is 0 Å². The van der Waals surface area contributed by atoms with Crippen molar-refractivity contribution in [3.8, 4) is 0 Å². The molecule has 28 heavy (non-hydrogen) atoms. The van der Waals surface area contributed by atoms with Crippen LogP contribution in [0.4, 0.5) is 16.2 Å². The molecule has 1 fully saturated rings. The van der Waals surface area contributed by atoms with E-state index in [1.165, 1.54) is 18.4 Å². The summed E-state index contributed by atoms with van der Waals surface area (Å²) >= 11 is 0. The van der Waals surface area contributed by atoms with Crippen LogP contribution in [0.15, 0.2) is 48.5 Å². The smallest absolute Gasteiger partial charge is 0.326 e. The highest BCUT2D eigenvalue weighted by Crippen LogP contribution is 2.27. The van der Waals surface area contributed by atoms with Crippen molar-refractivity contribution in [1.29, 1.82) is 0 Å². The first-order valence-electron chi connectivity index (χ1n) is 10.3. The number of hydrogen-bond acceptors (Lipinski definition) is 2. The van der Waals surface area contributed by atoms with Crippen LogP contribution in [-0.2, 0) is 6.42 Å². The highest BCUT2D eigenvalue weighted by molar-refractivity contribution is 6.02. The van der Waals surface area contributed by atoms with Gasteiger partial charge in [0.25, 0.3) is 5.91 Å². The summed E-state index contributed by atoms with van der Waals surface area (Å²) in [6.07, 6.45) is 7.60. The number of para-hydroxylation sites is 1. The lowest BCUT2D eigenvalue weighted by Gasteiger charge is -2.23. The van der Waals surface area contributed by atoms with Crippen molar-refractivity contribution in [2.75, 3.05) is 16.8 Å². The second kappa shape index (κ2) is 8.46. The summed E-state index contributed by atoms with van der Waals surface area (Å²) in [5.74, 6) is -0.0359. The van der Waals surface area contributed by atoms with E-state index in [0.717, 1.165) is 37.8 Å². The summed E-state index contributed by atoms with van der Waals surface area (Å²) in [6.45, 7) is 0.713. The molecule has 3 amide bonds. The Kier molecular flexibility index (Phi) is 5.60. The van der Waals surface area contributed by atoms with Gasteiger partial charge in [0, 0.05) is 29.5 Å². The molecule has 0 spiro atoms. The van der Waals surface area contributed by atoms with Crippen molar-refractivity contribution in [3.05, 3.63) is 59.7 Å². The molecule has 0 atom stereocenters. The maximum absolute atomic E-state index is 12.9. The molecule has 5 heteroatoms. The molecule has 0 radical (unpaired) electrons. The third-order valence-electron chi connectivity index (χ3n) is 5.69. The van der Waals surface area contributed by atoms with E-state index in [2.05, 4.69) is 16.7 Å². The molecule has 1 aliphatic heterocycles. The lowest BCUT2D eigenvalue weighted by molar-refractivity contribution is 0.0938. The van der Waals surface area contributed by atoms with Gasteiger partial charge in [0.2, 0.25) is 0 Å². The second-order valence-corrected chi connectivity index (χ2v) is 7.70. The van der Waals surface area contributed by atoms with Crippen LogP contribution in [0.3, 0.4) is 0 Å². The second-order valence-electron chi connectivity index (χ2n) is 7.70. The van der Waals surface area contributed by atoms with E-state index >= 15 is 0 Å². The molecule has 2 aliphatic rings. The summed E-state index contributed by atoms with van der Waals surface area (Å²) in [5.41, 5.74) is 3.54. The predicted molar refractivity (Wildman–Crippen MR) is 112 cm³/mol. The number of nitrogens with zero attached hydrogens (tertiary/aromatic N) is 1. The van der Waals surface area contributed by atoms with Crippen molar-refractivity contribution in [3.63, 3.8) is 0 Å². The van der Waals surface area contributed by atoms with Gasteiger partial charge in [-0.05, 0) is 68.0 Å². The number of anilines is 2. The molecular weight excluding hydrogens is 350 g/mol. The van der Waals surface area contributed by atoms with Crippen molar-refractivity contribution in [2.45, 2.75) is 51.0 Å². The van der Waals surface area contributed by atoms with Gasteiger partial charge in [-0.25, -0.2) is 4.79 Å². The Morgan fingerprint density at radius 3 is 2.43 bits per heavy atom. The van der Waals surface area contributed by atoms with Gasteiger partial charge in [-0.15, -0.1) is 0 Å². The van der Waals surface area contributed by atoms with Crippen LogP contribution in [0.5, 0.6) is 0 Å². The normalized spacial score (nSPS) is 16.9. The van der Waals surface area contributed by atoms with Crippen molar-refractivity contribution in [2.24, 2.45) is 0 Å². The molecule has 1 aliphatic carbocycles. The number of fused-ring (bicyclic) bond motifs is 1. The van der Waals surface area contributed by atoms with E-state index in [0.29, 0.717) is 23.8 Å². The predicted octanol–water partition coefficient (Wildman–Crippen LogP) is 4.73. The molecule has 0 bridgehead atoms. The Balaban J connectivity index is 1.41. The Bertz CT molecular complexity index is 841. The third-order valence-corrected chi connectivity index (χ3v) is 5.69. The minimum atomic E-state index is -0.127. The molecule has 146 valence electrons. The van der Waals surface area contributed by atoms with Crippen LogP contribution in [0, 0.1) is 0 Å². The number of amides is 3. The van der Waals surface area contributed by atoms with Crippen molar-refractivity contribution < 1.29 is 9.59 Å². The zero-order valence-electron chi connectivity index (χ0n) is 16.1. The Hall–Kier alpha value is -2.82. The van der Waals surface area contributed by atoms with Crippen LogP contribution < -0.4 is 15.5 Å². The Morgan fingerprint density at radius 2 is 1.64 bits per heavy atom. The molecule has 0 unspecified atom stereocenters. The largest absolute Gasteiger partial charge is 0.349 e. The van der Waals surface area contributed by atoms with Crippen LogP contribution in [0.2, 0.25) is 0 Å². The lowest BCUT2D eigenvalue weighted by atomic mass is 10.1. The first-order valence-corrected chi connectivity index (χ1v) is 10.3. The average molecular weight is 377 g/mol. The van der Waals surface area contributed by atoms with Crippen molar-refractivity contribution in [1.82, 2.24) is 5.32 Å². The molecular formula is C23H27N3O2. The summed E-state index contributed by atoms with van der Waals surface area (Å²) in [6, 6.07) is 15.4. The van der Waals surface area contributed by atoms with E-state index in [4.69, 9.17) is 0 Å². The van der Waals surface area contributed by atoms with E-state index in [1.807, 2.05) is 23.1 Å². The molecule has 4 rings (SSSR count). The van der Waals surface area contributed by atoms with Crippen LogP contribution >= 0.6 is 0 Å². The zero-order valence-corrected chi connectivity index (χ0v) is 16.1. The minimum Gasteiger partial charge on any atom is -0.349 e. The van der Waals surface area contributed by atoms with Gasteiger partial charge in [-0.3, -0.25) is 9.69 Å². The SMILES string of the molecule is O=C(NC1CCCC1)c1ccc(NC(=O)N2CCCCc3ccccc32)cc1. The standard InChI is InChI=1S/C23H27N3O2/c27-22(24-19-9-2-3-10-19)18-12-14-20(15-13-18)25-23(28)26-16-6-5-8-17-7-1-4-11-21(17)26/h1,4,7,11-15,19H,2-3,5-6,8-10,16H2,(H,24,27)(H,25,28). The first kappa shape index (κ1) is 18.5. The lowest BCUT2D eigenvalue weighted by Crippen LogP contribution is -2.35. The number of carbonyl (C=O) groups is 2. The molecule has 2 aromatic rings. The molecule has 5 nitrogen and oxygen atoms in total. The Morgan fingerprint density at radius 1 is 0.893 bits per heavy atom. The van der Waals surface area contributed by atoms with E-state index < -0.39 is 0 Å². The van der Waals surface area contributed by atoms with Gasteiger partial charge < -0.3 is 10.6 Å². The highest BCUT2D eigenvalue weighted by atomic mass is 16.2. The van der Waals surface area contributed by atoms with E-state index in [9.17, 15) is 9.59 Å². The molecule has 0 aromatic heterocycles. The average Bonchev–Trinajstić information content (AvgIpc) is 3.12. The number of rotatable bonds is 3. The fourth-order valence-electron chi connectivity index (χ4n) is 4.14. The maximum Gasteiger partial charge on any atom is 0.326 e. The van der Waals surface area contributed by atoms with Gasteiger partial charge >= 0.3 is 6.03 Å². The number of carbonyl (C=O) groups excluding carboxylic acids is 2. The van der Waals surface area contributed by atoms with Gasteiger partial charge in [0.15, 0.2) is 0 Å². The number of hydrogen-bond donors (Lipinski definition) is 2. The van der Waals surface area contributed by atoms with Gasteiger partial charge in [-0.1, -0.05) is 31.0 Å². The topological polar surface area (TPSA) is 61.4 Å². The molecule has 2 aromatic carbocycles. The molecule has 2 N–H and O–H groups in total. The zero-order chi connectivity index (χ0) is 19.3. The van der Waals surface area contributed by atoms with Crippen LogP contribution in [0.25, 0.3) is 0 Å². The van der Waals surface area contributed by atoms with Crippen molar-refractivity contribution >= 4 is 23.3 Å². The number of benzene rings is 2. The maximum atomic E-state index is 12.9. The summed E-state index contributed by atoms with van der Waals surface area (Å²) in [5, 5.41) is 6.07. The number of urea groups is 1. The first-order chi connectivity index (χ1) is 13.7. The third kappa shape index (κ3) is 4.19.